The van der Waals surface area contributed by atoms with Crippen LogP contribution in [0.15, 0.2) is 24.3 Å². The van der Waals surface area contributed by atoms with Gasteiger partial charge in [0.2, 0.25) is 5.91 Å². The molecule has 4 nitrogen and oxygen atoms in total. The van der Waals surface area contributed by atoms with Crippen LogP contribution in [0, 0.1) is 5.41 Å². The van der Waals surface area contributed by atoms with Crippen molar-refractivity contribution in [3.63, 3.8) is 0 Å². The second-order valence-corrected chi connectivity index (χ2v) is 7.36. The summed E-state index contributed by atoms with van der Waals surface area (Å²) in [5.41, 5.74) is 1.00. The largest absolute Gasteiger partial charge is 0.384 e. The minimum absolute atomic E-state index is 0.0364. The van der Waals surface area contributed by atoms with E-state index in [2.05, 4.69) is 0 Å². The average molecular weight is 352 g/mol. The number of carbonyl (C=O) groups is 1. The molecule has 0 unspecified atom stereocenters. The van der Waals surface area contributed by atoms with Crippen LogP contribution in [0.4, 0.5) is 0 Å². The summed E-state index contributed by atoms with van der Waals surface area (Å²) in [5.74, 6) is 0.203. The molecule has 2 aliphatic rings. The molecule has 2 fully saturated rings. The van der Waals surface area contributed by atoms with Crippen LogP contribution in [0.1, 0.15) is 31.2 Å². The summed E-state index contributed by atoms with van der Waals surface area (Å²) < 4.78 is 11.5. The van der Waals surface area contributed by atoms with Gasteiger partial charge in [-0.25, -0.2) is 0 Å². The van der Waals surface area contributed by atoms with Gasteiger partial charge in [-0.1, -0.05) is 29.8 Å². The summed E-state index contributed by atoms with van der Waals surface area (Å²) in [7, 11) is 1.73. The van der Waals surface area contributed by atoms with Crippen LogP contribution < -0.4 is 0 Å². The van der Waals surface area contributed by atoms with E-state index in [1.165, 1.54) is 0 Å². The molecule has 0 N–H and O–H groups in total. The van der Waals surface area contributed by atoms with Crippen LogP contribution in [0.3, 0.4) is 0 Å². The normalized spacial score (nSPS) is 26.9. The third-order valence-electron chi connectivity index (χ3n) is 5.34. The van der Waals surface area contributed by atoms with E-state index in [1.54, 1.807) is 7.11 Å². The van der Waals surface area contributed by atoms with Crippen molar-refractivity contribution in [1.82, 2.24) is 4.90 Å². The molecule has 2 saturated heterocycles. The first-order chi connectivity index (χ1) is 11.6. The summed E-state index contributed by atoms with van der Waals surface area (Å²) in [6.45, 7) is 3.01. The maximum absolute atomic E-state index is 12.7. The number of benzene rings is 1. The van der Waals surface area contributed by atoms with Crippen LogP contribution in [0.5, 0.6) is 0 Å². The number of fused-ring (bicyclic) bond motifs is 1. The van der Waals surface area contributed by atoms with E-state index in [4.69, 9.17) is 21.1 Å². The number of likely N-dealkylation sites (tertiary alicyclic amines) is 1. The van der Waals surface area contributed by atoms with Crippen molar-refractivity contribution in [2.45, 2.75) is 38.2 Å². The highest BCUT2D eigenvalue weighted by molar-refractivity contribution is 6.31. The Labute approximate surface area is 149 Å². The highest BCUT2D eigenvalue weighted by atomic mass is 35.5. The second kappa shape index (κ2) is 7.85. The zero-order valence-electron chi connectivity index (χ0n) is 14.3. The third-order valence-corrected chi connectivity index (χ3v) is 5.71. The minimum Gasteiger partial charge on any atom is -0.384 e. The fourth-order valence-electron chi connectivity index (χ4n) is 4.10. The molecular weight excluding hydrogens is 326 g/mol. The van der Waals surface area contributed by atoms with E-state index in [0.717, 1.165) is 49.5 Å². The Hall–Kier alpha value is -1.10. The Morgan fingerprint density at radius 3 is 3.08 bits per heavy atom. The van der Waals surface area contributed by atoms with Gasteiger partial charge in [0, 0.05) is 43.7 Å². The number of carbonyl (C=O) groups excluding carboxylic acids is 1. The molecule has 2 aliphatic heterocycles. The Morgan fingerprint density at radius 1 is 1.46 bits per heavy atom. The van der Waals surface area contributed by atoms with Gasteiger partial charge in [0.05, 0.1) is 12.7 Å². The molecule has 3 rings (SSSR count). The molecule has 1 amide bonds. The minimum atomic E-state index is -0.0364. The predicted octanol–water partition coefficient (Wildman–Crippen LogP) is 3.32. The number of piperidine rings is 1. The molecule has 2 heterocycles. The first-order valence-corrected chi connectivity index (χ1v) is 9.14. The van der Waals surface area contributed by atoms with Crippen LogP contribution in [-0.2, 0) is 20.7 Å². The maximum Gasteiger partial charge on any atom is 0.222 e. The molecule has 0 aliphatic carbocycles. The lowest BCUT2D eigenvalue weighted by Gasteiger charge is -2.50. The Morgan fingerprint density at radius 2 is 2.29 bits per heavy atom. The Bertz CT molecular complexity index is 575. The lowest BCUT2D eigenvalue weighted by molar-refractivity contribution is -0.162. The molecule has 0 bridgehead atoms. The number of rotatable bonds is 5. The Balaban J connectivity index is 1.62. The molecule has 132 valence electrons. The molecule has 0 radical (unpaired) electrons. The SMILES string of the molecule is COC[C@]12CCCO[C@@H]1CCN(C(=O)CCc1ccccc1Cl)C2. The number of halogens is 1. The van der Waals surface area contributed by atoms with Crippen LogP contribution >= 0.6 is 11.6 Å². The Kier molecular flexibility index (Phi) is 5.80. The monoisotopic (exact) mass is 351 g/mol. The first kappa shape index (κ1) is 17.7. The fourth-order valence-corrected chi connectivity index (χ4v) is 4.33. The number of ether oxygens (including phenoxy) is 2. The second-order valence-electron chi connectivity index (χ2n) is 6.95. The highest BCUT2D eigenvalue weighted by Gasteiger charge is 2.46. The molecule has 24 heavy (non-hydrogen) atoms. The number of hydrogen-bond donors (Lipinski definition) is 0. The molecule has 2 atom stereocenters. The van der Waals surface area contributed by atoms with Crippen LogP contribution in [0.2, 0.25) is 5.02 Å². The van der Waals surface area contributed by atoms with E-state index >= 15 is 0 Å². The zero-order valence-corrected chi connectivity index (χ0v) is 15.1. The van der Waals surface area contributed by atoms with Gasteiger partial charge in [-0.05, 0) is 37.3 Å². The summed E-state index contributed by atoms with van der Waals surface area (Å²) in [6.07, 6.45) is 4.42. The maximum atomic E-state index is 12.7. The van der Waals surface area contributed by atoms with Gasteiger partial charge in [-0.15, -0.1) is 0 Å². The standard InChI is InChI=1S/C19H26ClNO3/c1-23-14-19-10-4-12-24-17(19)9-11-21(13-19)18(22)8-7-15-5-2-3-6-16(15)20/h2-3,5-6,17H,4,7-14H2,1H3/t17-,19-/m1/s1. The predicted molar refractivity (Wildman–Crippen MR) is 94.3 cm³/mol. The van der Waals surface area contributed by atoms with E-state index in [-0.39, 0.29) is 17.4 Å². The number of amides is 1. The highest BCUT2D eigenvalue weighted by Crippen LogP contribution is 2.40. The molecular formula is C19H26ClNO3. The summed E-state index contributed by atoms with van der Waals surface area (Å²) in [5, 5.41) is 0.737. The van der Waals surface area contributed by atoms with E-state index in [0.29, 0.717) is 19.4 Å². The van der Waals surface area contributed by atoms with E-state index < -0.39 is 0 Å². The van der Waals surface area contributed by atoms with Gasteiger partial charge in [0.25, 0.3) is 0 Å². The molecule has 0 saturated carbocycles. The third kappa shape index (κ3) is 3.76. The van der Waals surface area contributed by atoms with Crippen molar-refractivity contribution in [3.05, 3.63) is 34.9 Å². The van der Waals surface area contributed by atoms with Crippen molar-refractivity contribution < 1.29 is 14.3 Å². The number of aryl methyl sites for hydroxylation is 1. The van der Waals surface area contributed by atoms with Gasteiger partial charge in [-0.3, -0.25) is 4.79 Å². The van der Waals surface area contributed by atoms with E-state index in [9.17, 15) is 4.79 Å². The zero-order chi connectivity index (χ0) is 17.0. The molecule has 0 spiro atoms. The van der Waals surface area contributed by atoms with Crippen molar-refractivity contribution >= 4 is 17.5 Å². The molecule has 5 heteroatoms. The van der Waals surface area contributed by atoms with Gasteiger partial charge in [0.15, 0.2) is 0 Å². The molecule has 1 aromatic carbocycles. The van der Waals surface area contributed by atoms with E-state index in [1.807, 2.05) is 29.2 Å². The summed E-state index contributed by atoms with van der Waals surface area (Å²) in [6, 6.07) is 7.74. The quantitative estimate of drug-likeness (QED) is 0.816. The smallest absolute Gasteiger partial charge is 0.222 e. The van der Waals surface area contributed by atoms with Gasteiger partial charge >= 0.3 is 0 Å². The number of nitrogens with zero attached hydrogens (tertiary/aromatic N) is 1. The lowest BCUT2D eigenvalue weighted by Crippen LogP contribution is -2.58. The van der Waals surface area contributed by atoms with Crippen molar-refractivity contribution in [1.29, 1.82) is 0 Å². The van der Waals surface area contributed by atoms with Crippen molar-refractivity contribution in [2.75, 3.05) is 33.4 Å². The van der Waals surface area contributed by atoms with Crippen LogP contribution in [-0.4, -0.2) is 50.3 Å². The topological polar surface area (TPSA) is 38.8 Å². The average Bonchev–Trinajstić information content (AvgIpc) is 2.60. The number of hydrogen-bond acceptors (Lipinski definition) is 3. The van der Waals surface area contributed by atoms with Crippen molar-refractivity contribution in [2.24, 2.45) is 5.41 Å². The lowest BCUT2D eigenvalue weighted by atomic mass is 9.73. The summed E-state index contributed by atoms with van der Waals surface area (Å²) in [4.78, 5) is 14.7. The molecule has 0 aromatic heterocycles. The fraction of sp³-hybridized carbons (Fsp3) is 0.632. The van der Waals surface area contributed by atoms with Gasteiger partial charge in [0.1, 0.15) is 0 Å². The first-order valence-electron chi connectivity index (χ1n) is 8.76. The van der Waals surface area contributed by atoms with Gasteiger partial charge < -0.3 is 14.4 Å². The number of methoxy groups -OCH3 is 1. The van der Waals surface area contributed by atoms with Crippen molar-refractivity contribution in [3.8, 4) is 0 Å². The van der Waals surface area contributed by atoms with Crippen LogP contribution in [0.25, 0.3) is 0 Å². The summed E-state index contributed by atoms with van der Waals surface area (Å²) >= 11 is 6.19. The molecule has 1 aromatic rings. The van der Waals surface area contributed by atoms with Gasteiger partial charge in [-0.2, -0.15) is 0 Å².